The molecule has 0 aliphatic carbocycles. The maximum absolute atomic E-state index is 2.62. The van der Waals surface area contributed by atoms with Crippen molar-refractivity contribution in [1.82, 2.24) is 0 Å². The Morgan fingerprint density at radius 3 is 0.856 bits per heavy atom. The monoisotopic (exact) mass is 1150 g/mol. The minimum Gasteiger partial charge on any atom is -0.311 e. The van der Waals surface area contributed by atoms with Gasteiger partial charge in [-0.05, 0) is 209 Å². The Balaban J connectivity index is 1.05. The highest BCUT2D eigenvalue weighted by Crippen LogP contribution is 2.50. The Bertz CT molecular complexity index is 4600. The molecule has 0 atom stereocenters. The molecule has 2 heterocycles. The van der Waals surface area contributed by atoms with Crippen molar-refractivity contribution in [3.63, 3.8) is 0 Å². The number of benzene rings is 14. The lowest BCUT2D eigenvalue weighted by Crippen LogP contribution is -2.61. The number of fused-ring (bicyclic) bond motifs is 4. The van der Waals surface area contributed by atoms with E-state index < -0.39 is 0 Å². The Labute approximate surface area is 529 Å². The first-order valence-electron chi connectivity index (χ1n) is 31.3. The molecule has 0 unspecified atom stereocenters. The number of aryl methyl sites for hydroxylation is 3. The average molecular weight is 1150 g/mol. The second kappa shape index (κ2) is 22.8. The smallest absolute Gasteiger partial charge is 0.252 e. The summed E-state index contributed by atoms with van der Waals surface area (Å²) < 4.78 is 0. The van der Waals surface area contributed by atoms with Crippen LogP contribution in [-0.4, -0.2) is 6.71 Å². The van der Waals surface area contributed by atoms with Gasteiger partial charge in [0.05, 0.1) is 0 Å². The van der Waals surface area contributed by atoms with Gasteiger partial charge in [-0.1, -0.05) is 272 Å². The zero-order valence-electron chi connectivity index (χ0n) is 50.6. The van der Waals surface area contributed by atoms with E-state index in [1.807, 2.05) is 0 Å². The van der Waals surface area contributed by atoms with Gasteiger partial charge in [0.15, 0.2) is 0 Å². The summed E-state index contributed by atoms with van der Waals surface area (Å²) in [5.41, 5.74) is 35.4. The van der Waals surface area contributed by atoms with Crippen molar-refractivity contribution in [2.24, 2.45) is 0 Å². The van der Waals surface area contributed by atoms with Crippen LogP contribution in [0.3, 0.4) is 0 Å². The average Bonchev–Trinajstić information content (AvgIpc) is 0.698. The van der Waals surface area contributed by atoms with Crippen LogP contribution in [-0.2, 0) is 0 Å². The number of nitrogens with zero attached hydrogens (tertiary/aromatic N) is 2. The van der Waals surface area contributed by atoms with Gasteiger partial charge in [-0.3, -0.25) is 0 Å². The maximum atomic E-state index is 2.62. The molecule has 90 heavy (non-hydrogen) atoms. The van der Waals surface area contributed by atoms with Gasteiger partial charge in [-0.25, -0.2) is 0 Å². The molecule has 0 fully saturated rings. The third kappa shape index (κ3) is 9.73. The van der Waals surface area contributed by atoms with Gasteiger partial charge < -0.3 is 9.80 Å². The Morgan fingerprint density at radius 2 is 0.522 bits per heavy atom. The van der Waals surface area contributed by atoms with Crippen molar-refractivity contribution in [2.75, 3.05) is 9.80 Å². The fourth-order valence-corrected chi connectivity index (χ4v) is 14.6. The van der Waals surface area contributed by atoms with Crippen molar-refractivity contribution in [2.45, 2.75) is 20.8 Å². The Morgan fingerprint density at radius 1 is 0.222 bits per heavy atom. The summed E-state index contributed by atoms with van der Waals surface area (Å²) in [6, 6.07) is 122. The number of hydrogen-bond acceptors (Lipinski definition) is 2. The van der Waals surface area contributed by atoms with Crippen LogP contribution in [0, 0.1) is 20.8 Å². The van der Waals surface area contributed by atoms with Crippen molar-refractivity contribution >= 4 is 57.2 Å². The van der Waals surface area contributed by atoms with Crippen LogP contribution in [0.15, 0.2) is 328 Å². The molecule has 14 aromatic carbocycles. The van der Waals surface area contributed by atoms with E-state index in [1.165, 1.54) is 88.7 Å². The van der Waals surface area contributed by atoms with E-state index >= 15 is 0 Å². The molecular weight excluding hydrogens is 1080 g/mol. The van der Waals surface area contributed by atoms with Crippen molar-refractivity contribution < 1.29 is 0 Å². The van der Waals surface area contributed by atoms with Crippen LogP contribution in [0.2, 0.25) is 0 Å². The lowest BCUT2D eigenvalue weighted by Gasteiger charge is -2.45. The fraction of sp³-hybridized carbons (Fsp3) is 0.0345. The SMILES string of the molecule is Cc1cc(C)c(-c2cc3c4c(c2)N(c2cc(-c5ccccc5)cc(-c5ccccc5)c2)c2ccc(-c5ccccc5-c5ccccc5)cc2B4c2cc(-c4ccccc4-c4ccccc4)ccc2N3c2cc(-c3ccccc3)cc(-c3ccccc3)c2)c(C)c1. The summed E-state index contributed by atoms with van der Waals surface area (Å²) in [6.45, 7) is 6.58. The van der Waals surface area contributed by atoms with Crippen LogP contribution in [0.5, 0.6) is 0 Å². The van der Waals surface area contributed by atoms with Crippen molar-refractivity contribution in [3.8, 4) is 100 Å². The molecule has 2 aliphatic heterocycles. The van der Waals surface area contributed by atoms with Gasteiger partial charge in [-0.2, -0.15) is 0 Å². The molecule has 0 bridgehead atoms. The van der Waals surface area contributed by atoms with Crippen LogP contribution >= 0.6 is 0 Å². The minimum absolute atomic E-state index is 0.216. The molecule has 0 saturated carbocycles. The largest absolute Gasteiger partial charge is 0.311 e. The van der Waals surface area contributed by atoms with E-state index in [0.29, 0.717) is 0 Å². The standard InChI is InChI=1S/C87H63BN2/c1-58-46-59(2)86(60(3)47-58)73-56-84-87-85(57-73)90(75-52-71(63-30-14-6-15-31-63)49-72(53-75)64-32-16-7-17-33-64)83-45-43-68(79-41-25-23-39-77(79)66-36-20-9-21-37-66)55-81(83)88(87)80-54-67(78-40-24-22-38-76(78)65-34-18-8-19-35-65)42-44-82(80)89(84)74-50-69(61-26-10-4-11-27-61)48-70(51-74)62-28-12-5-13-29-62/h4-57H,1-3H3. The lowest BCUT2D eigenvalue weighted by molar-refractivity contribution is 1.25. The summed E-state index contributed by atoms with van der Waals surface area (Å²) in [4.78, 5) is 5.23. The van der Waals surface area contributed by atoms with E-state index in [1.54, 1.807) is 0 Å². The molecule has 3 heteroatoms. The molecule has 14 aromatic rings. The van der Waals surface area contributed by atoms with Crippen molar-refractivity contribution in [1.29, 1.82) is 0 Å². The minimum atomic E-state index is -0.216. The van der Waals surface area contributed by atoms with Crippen LogP contribution in [0.1, 0.15) is 16.7 Å². The normalized spacial score (nSPS) is 12.1. The number of rotatable bonds is 11. The highest BCUT2D eigenvalue weighted by atomic mass is 15.2. The molecule has 0 saturated heterocycles. The lowest BCUT2D eigenvalue weighted by atomic mass is 9.33. The Hall–Kier alpha value is -11.3. The summed E-state index contributed by atoms with van der Waals surface area (Å²) >= 11 is 0. The van der Waals surface area contributed by atoms with Crippen LogP contribution in [0.25, 0.3) is 100 Å². The first kappa shape index (κ1) is 54.2. The number of anilines is 6. The molecule has 0 N–H and O–H groups in total. The molecule has 0 spiro atoms. The highest BCUT2D eigenvalue weighted by Gasteiger charge is 2.44. The second-order valence-corrected chi connectivity index (χ2v) is 24.2. The van der Waals surface area contributed by atoms with Crippen LogP contribution < -0.4 is 26.2 Å². The predicted octanol–water partition coefficient (Wildman–Crippen LogP) is 21.7. The zero-order valence-corrected chi connectivity index (χ0v) is 50.6. The molecular formula is C87H63BN2. The summed E-state index contributed by atoms with van der Waals surface area (Å²) in [7, 11) is 0. The van der Waals surface area contributed by atoms with E-state index in [4.69, 9.17) is 0 Å². The summed E-state index contributed by atoms with van der Waals surface area (Å²) in [6.07, 6.45) is 0. The molecule has 2 aliphatic rings. The molecule has 424 valence electrons. The third-order valence-corrected chi connectivity index (χ3v) is 18.5. The van der Waals surface area contributed by atoms with Gasteiger partial charge >= 0.3 is 0 Å². The second-order valence-electron chi connectivity index (χ2n) is 24.2. The zero-order chi connectivity index (χ0) is 60.2. The summed E-state index contributed by atoms with van der Waals surface area (Å²) in [5, 5.41) is 0. The van der Waals surface area contributed by atoms with Gasteiger partial charge in [-0.15, -0.1) is 0 Å². The van der Waals surface area contributed by atoms with Crippen molar-refractivity contribution in [3.05, 3.63) is 344 Å². The van der Waals surface area contributed by atoms with Gasteiger partial charge in [0.1, 0.15) is 0 Å². The van der Waals surface area contributed by atoms with E-state index in [2.05, 4.69) is 358 Å². The molecule has 0 aromatic heterocycles. The molecule has 16 rings (SSSR count). The number of hydrogen-bond donors (Lipinski definition) is 0. The topological polar surface area (TPSA) is 6.48 Å². The summed E-state index contributed by atoms with van der Waals surface area (Å²) in [5.74, 6) is 0. The highest BCUT2D eigenvalue weighted by molar-refractivity contribution is 7.00. The fourth-order valence-electron chi connectivity index (χ4n) is 14.6. The predicted molar refractivity (Wildman–Crippen MR) is 384 cm³/mol. The molecule has 0 radical (unpaired) electrons. The van der Waals surface area contributed by atoms with Gasteiger partial charge in [0.25, 0.3) is 6.71 Å². The van der Waals surface area contributed by atoms with E-state index in [-0.39, 0.29) is 6.71 Å². The van der Waals surface area contributed by atoms with Crippen LogP contribution in [0.4, 0.5) is 34.1 Å². The third-order valence-electron chi connectivity index (χ3n) is 18.5. The van der Waals surface area contributed by atoms with E-state index in [9.17, 15) is 0 Å². The first-order chi connectivity index (χ1) is 44.4. The Kier molecular flexibility index (Phi) is 13.7. The maximum Gasteiger partial charge on any atom is 0.252 e. The van der Waals surface area contributed by atoms with Gasteiger partial charge in [0.2, 0.25) is 0 Å². The quantitative estimate of drug-likeness (QED) is 0.119. The van der Waals surface area contributed by atoms with E-state index in [0.717, 1.165) is 78.6 Å². The first-order valence-corrected chi connectivity index (χ1v) is 31.3. The molecule has 2 nitrogen and oxygen atoms in total. The van der Waals surface area contributed by atoms with Gasteiger partial charge in [0, 0.05) is 34.1 Å². The molecule has 0 amide bonds.